The molecule has 2 N–H and O–H groups in total. The number of amides is 2. The lowest BCUT2D eigenvalue weighted by molar-refractivity contribution is -0.137. The molecule has 2 aromatic carbocycles. The van der Waals surface area contributed by atoms with Crippen LogP contribution in [0.4, 0.5) is 18.9 Å². The maximum atomic E-state index is 12.5. The van der Waals surface area contributed by atoms with Crippen molar-refractivity contribution in [2.24, 2.45) is 0 Å². The van der Waals surface area contributed by atoms with E-state index in [9.17, 15) is 22.8 Å². The van der Waals surface area contributed by atoms with Gasteiger partial charge in [-0.3, -0.25) is 9.59 Å². The summed E-state index contributed by atoms with van der Waals surface area (Å²) in [6.07, 6.45) is -4.47. The number of aryl methyl sites for hydroxylation is 1. The standard InChI is InChI=1S/C18H17F3N2O2/c1-11-3-6-13(17(25)22-2)10-15(11)23-16(24)9-12-4-7-14(8-5-12)18(19,20)21/h3-8,10H,9H2,1-2H3,(H,22,25)(H,23,24). The van der Waals surface area contributed by atoms with Gasteiger partial charge in [-0.05, 0) is 42.3 Å². The molecule has 0 spiro atoms. The largest absolute Gasteiger partial charge is 0.416 e. The third kappa shape index (κ3) is 4.82. The Morgan fingerprint density at radius 1 is 1.04 bits per heavy atom. The predicted molar refractivity (Wildman–Crippen MR) is 88.3 cm³/mol. The van der Waals surface area contributed by atoms with Crippen molar-refractivity contribution in [3.8, 4) is 0 Å². The zero-order valence-electron chi connectivity index (χ0n) is 13.7. The first-order valence-electron chi connectivity index (χ1n) is 7.49. The summed E-state index contributed by atoms with van der Waals surface area (Å²) in [6, 6.07) is 9.34. The van der Waals surface area contributed by atoms with Crippen molar-refractivity contribution >= 4 is 17.5 Å². The van der Waals surface area contributed by atoms with Crippen molar-refractivity contribution in [3.63, 3.8) is 0 Å². The molecule has 0 heterocycles. The van der Waals surface area contributed by atoms with Gasteiger partial charge in [0.2, 0.25) is 5.91 Å². The van der Waals surface area contributed by atoms with Gasteiger partial charge < -0.3 is 10.6 Å². The van der Waals surface area contributed by atoms with Gasteiger partial charge in [-0.2, -0.15) is 13.2 Å². The minimum absolute atomic E-state index is 0.0677. The summed E-state index contributed by atoms with van der Waals surface area (Å²) in [4.78, 5) is 23.8. The third-order valence-corrected chi connectivity index (χ3v) is 3.65. The molecule has 0 unspecified atom stereocenters. The molecule has 25 heavy (non-hydrogen) atoms. The number of nitrogens with one attached hydrogen (secondary N) is 2. The number of benzene rings is 2. The Labute approximate surface area is 143 Å². The van der Waals surface area contributed by atoms with Gasteiger partial charge in [-0.15, -0.1) is 0 Å². The molecule has 7 heteroatoms. The van der Waals surface area contributed by atoms with Gasteiger partial charge in [-0.25, -0.2) is 0 Å². The van der Waals surface area contributed by atoms with E-state index in [4.69, 9.17) is 0 Å². The summed E-state index contributed by atoms with van der Waals surface area (Å²) < 4.78 is 37.6. The molecule has 0 aliphatic heterocycles. The second-order valence-electron chi connectivity index (χ2n) is 5.53. The number of rotatable bonds is 4. The van der Waals surface area contributed by atoms with Crippen LogP contribution < -0.4 is 10.6 Å². The first kappa shape index (κ1) is 18.5. The van der Waals surface area contributed by atoms with E-state index in [1.54, 1.807) is 25.1 Å². The van der Waals surface area contributed by atoms with Gasteiger partial charge >= 0.3 is 6.18 Å². The van der Waals surface area contributed by atoms with Crippen LogP contribution in [-0.2, 0) is 17.4 Å². The van der Waals surface area contributed by atoms with Crippen molar-refractivity contribution in [2.75, 3.05) is 12.4 Å². The van der Waals surface area contributed by atoms with Crippen molar-refractivity contribution in [1.29, 1.82) is 0 Å². The van der Waals surface area contributed by atoms with E-state index in [0.717, 1.165) is 17.7 Å². The number of carbonyl (C=O) groups is 2. The summed E-state index contributed by atoms with van der Waals surface area (Å²) in [5.74, 6) is -0.657. The monoisotopic (exact) mass is 350 g/mol. The van der Waals surface area contributed by atoms with Gasteiger partial charge in [0.25, 0.3) is 5.91 Å². The molecule has 0 aliphatic rings. The van der Waals surface area contributed by atoms with E-state index >= 15 is 0 Å². The highest BCUT2D eigenvalue weighted by Crippen LogP contribution is 2.29. The van der Waals surface area contributed by atoms with E-state index in [1.807, 2.05) is 0 Å². The summed E-state index contributed by atoms with van der Waals surface area (Å²) >= 11 is 0. The van der Waals surface area contributed by atoms with Crippen molar-refractivity contribution < 1.29 is 22.8 Å². The number of alkyl halides is 3. The van der Waals surface area contributed by atoms with E-state index in [-0.39, 0.29) is 18.2 Å². The number of carbonyl (C=O) groups excluding carboxylic acids is 2. The van der Waals surface area contributed by atoms with Crippen LogP contribution in [0.15, 0.2) is 42.5 Å². The first-order valence-corrected chi connectivity index (χ1v) is 7.49. The van der Waals surface area contributed by atoms with E-state index in [1.165, 1.54) is 19.2 Å². The molecule has 2 amide bonds. The fraction of sp³-hybridized carbons (Fsp3) is 0.222. The fourth-order valence-corrected chi connectivity index (χ4v) is 2.23. The minimum Gasteiger partial charge on any atom is -0.355 e. The molecule has 0 atom stereocenters. The van der Waals surface area contributed by atoms with Gasteiger partial charge in [0.05, 0.1) is 12.0 Å². The lowest BCUT2D eigenvalue weighted by atomic mass is 10.1. The third-order valence-electron chi connectivity index (χ3n) is 3.65. The zero-order valence-corrected chi connectivity index (χ0v) is 13.7. The summed E-state index contributed by atoms with van der Waals surface area (Å²) in [5, 5.41) is 5.18. The van der Waals surface area contributed by atoms with Crippen LogP contribution in [0.1, 0.15) is 27.0 Å². The van der Waals surface area contributed by atoms with Crippen molar-refractivity contribution in [1.82, 2.24) is 5.32 Å². The molecule has 0 fully saturated rings. The molecular formula is C18H17F3N2O2. The smallest absolute Gasteiger partial charge is 0.355 e. The highest BCUT2D eigenvalue weighted by molar-refractivity contribution is 5.98. The van der Waals surface area contributed by atoms with Gasteiger partial charge in [-0.1, -0.05) is 18.2 Å². The topological polar surface area (TPSA) is 58.2 Å². The molecule has 2 aromatic rings. The normalized spacial score (nSPS) is 11.1. The van der Waals surface area contributed by atoms with Crippen LogP contribution in [0.3, 0.4) is 0 Å². The maximum absolute atomic E-state index is 12.5. The second kappa shape index (κ2) is 7.38. The number of hydrogen-bond acceptors (Lipinski definition) is 2. The van der Waals surface area contributed by atoms with Crippen molar-refractivity contribution in [3.05, 3.63) is 64.7 Å². The lowest BCUT2D eigenvalue weighted by Gasteiger charge is -2.11. The van der Waals surface area contributed by atoms with Crippen molar-refractivity contribution in [2.45, 2.75) is 19.5 Å². The quantitative estimate of drug-likeness (QED) is 0.886. The Hall–Kier alpha value is -2.83. The predicted octanol–water partition coefficient (Wildman–Crippen LogP) is 3.55. The maximum Gasteiger partial charge on any atom is 0.416 e. The summed E-state index contributed by atoms with van der Waals surface area (Å²) in [6.45, 7) is 1.78. The summed E-state index contributed by atoms with van der Waals surface area (Å²) in [5.41, 5.74) is 1.36. The Bertz CT molecular complexity index is 784. The van der Waals surface area contributed by atoms with Crippen LogP contribution in [-0.4, -0.2) is 18.9 Å². The molecule has 132 valence electrons. The van der Waals surface area contributed by atoms with E-state index in [2.05, 4.69) is 10.6 Å². The second-order valence-corrected chi connectivity index (χ2v) is 5.53. The Balaban J connectivity index is 2.09. The highest BCUT2D eigenvalue weighted by Gasteiger charge is 2.29. The van der Waals surface area contributed by atoms with Gasteiger partial charge in [0.1, 0.15) is 0 Å². The number of anilines is 1. The molecule has 0 saturated carbocycles. The Kier molecular flexibility index (Phi) is 5.46. The van der Waals surface area contributed by atoms with Crippen LogP contribution >= 0.6 is 0 Å². The van der Waals surface area contributed by atoms with Crippen LogP contribution in [0.5, 0.6) is 0 Å². The lowest BCUT2D eigenvalue weighted by Crippen LogP contribution is -2.19. The van der Waals surface area contributed by atoms with Gasteiger partial charge in [0, 0.05) is 18.3 Å². The Morgan fingerprint density at radius 3 is 2.24 bits per heavy atom. The molecule has 0 radical (unpaired) electrons. The van der Waals surface area contributed by atoms with Crippen LogP contribution in [0.25, 0.3) is 0 Å². The molecule has 0 saturated heterocycles. The van der Waals surface area contributed by atoms with E-state index in [0.29, 0.717) is 16.8 Å². The molecule has 4 nitrogen and oxygen atoms in total. The number of hydrogen-bond donors (Lipinski definition) is 2. The molecule has 0 aliphatic carbocycles. The van der Waals surface area contributed by atoms with E-state index < -0.39 is 11.7 Å². The van der Waals surface area contributed by atoms with Gasteiger partial charge in [0.15, 0.2) is 0 Å². The minimum atomic E-state index is -4.40. The average molecular weight is 350 g/mol. The zero-order chi connectivity index (χ0) is 18.6. The first-order chi connectivity index (χ1) is 11.7. The molecular weight excluding hydrogens is 333 g/mol. The molecule has 2 rings (SSSR count). The van der Waals surface area contributed by atoms with Crippen LogP contribution in [0.2, 0.25) is 0 Å². The SMILES string of the molecule is CNC(=O)c1ccc(C)c(NC(=O)Cc2ccc(C(F)(F)F)cc2)c1. The molecule has 0 bridgehead atoms. The fourth-order valence-electron chi connectivity index (χ4n) is 2.23. The molecule has 0 aromatic heterocycles. The van der Waals surface area contributed by atoms with Crippen LogP contribution in [0, 0.1) is 6.92 Å². The highest BCUT2D eigenvalue weighted by atomic mass is 19.4. The Morgan fingerprint density at radius 2 is 1.68 bits per heavy atom. The number of halogens is 3. The average Bonchev–Trinajstić information content (AvgIpc) is 2.55. The summed E-state index contributed by atoms with van der Waals surface area (Å²) in [7, 11) is 1.51.